The van der Waals surface area contributed by atoms with Crippen LogP contribution in [0.3, 0.4) is 0 Å². The SMILES string of the molecule is Cc1ccc(OP(=O)(Oc2ccc(C)cc2)N2CCCC2)cc1. The molecule has 1 aliphatic rings. The van der Waals surface area contributed by atoms with Crippen molar-refractivity contribution in [1.29, 1.82) is 0 Å². The fraction of sp³-hybridized carbons (Fsp3) is 0.333. The zero-order chi connectivity index (χ0) is 16.3. The molecular weight excluding hydrogens is 309 g/mol. The van der Waals surface area contributed by atoms with Gasteiger partial charge in [-0.05, 0) is 51.0 Å². The van der Waals surface area contributed by atoms with E-state index in [1.165, 1.54) is 0 Å². The number of hydrogen-bond donors (Lipinski definition) is 0. The van der Waals surface area contributed by atoms with Crippen molar-refractivity contribution in [2.24, 2.45) is 0 Å². The summed E-state index contributed by atoms with van der Waals surface area (Å²) < 4.78 is 26.9. The predicted molar refractivity (Wildman–Crippen MR) is 92.0 cm³/mol. The normalized spacial score (nSPS) is 15.6. The van der Waals surface area contributed by atoms with Crippen molar-refractivity contribution in [2.45, 2.75) is 26.7 Å². The van der Waals surface area contributed by atoms with Crippen molar-refractivity contribution < 1.29 is 13.6 Å². The summed E-state index contributed by atoms with van der Waals surface area (Å²) in [6.07, 6.45) is 2.02. The lowest BCUT2D eigenvalue weighted by atomic mass is 10.2. The third kappa shape index (κ3) is 3.95. The van der Waals surface area contributed by atoms with E-state index >= 15 is 0 Å². The second-order valence-electron chi connectivity index (χ2n) is 5.94. The van der Waals surface area contributed by atoms with Gasteiger partial charge in [0.1, 0.15) is 11.5 Å². The molecule has 2 aromatic rings. The minimum absolute atomic E-state index is 0.568. The fourth-order valence-electron chi connectivity index (χ4n) is 2.54. The first-order valence-electron chi connectivity index (χ1n) is 7.93. The molecule has 122 valence electrons. The van der Waals surface area contributed by atoms with Crippen molar-refractivity contribution in [2.75, 3.05) is 13.1 Å². The monoisotopic (exact) mass is 331 g/mol. The summed E-state index contributed by atoms with van der Waals surface area (Å²) in [4.78, 5) is 0. The Labute approximate surface area is 137 Å². The van der Waals surface area contributed by atoms with Crippen LogP contribution in [0.2, 0.25) is 0 Å². The van der Waals surface area contributed by atoms with Gasteiger partial charge in [-0.25, -0.2) is 4.57 Å². The molecule has 1 saturated heterocycles. The molecule has 0 radical (unpaired) electrons. The Kier molecular flexibility index (Phi) is 4.74. The summed E-state index contributed by atoms with van der Waals surface area (Å²) in [7, 11) is -3.41. The quantitative estimate of drug-likeness (QED) is 0.726. The largest absolute Gasteiger partial charge is 0.515 e. The second-order valence-corrected chi connectivity index (χ2v) is 7.81. The van der Waals surface area contributed by atoms with Crippen molar-refractivity contribution in [1.82, 2.24) is 4.67 Å². The highest BCUT2D eigenvalue weighted by Crippen LogP contribution is 2.53. The molecule has 0 unspecified atom stereocenters. The average molecular weight is 331 g/mol. The molecule has 0 saturated carbocycles. The van der Waals surface area contributed by atoms with Gasteiger partial charge < -0.3 is 9.05 Å². The van der Waals surface area contributed by atoms with E-state index in [9.17, 15) is 4.57 Å². The van der Waals surface area contributed by atoms with E-state index in [1.54, 1.807) is 0 Å². The van der Waals surface area contributed by atoms with Crippen LogP contribution in [0, 0.1) is 13.8 Å². The molecule has 0 atom stereocenters. The molecule has 23 heavy (non-hydrogen) atoms. The number of nitrogens with zero attached hydrogens (tertiary/aromatic N) is 1. The molecular formula is C18H22NO3P. The van der Waals surface area contributed by atoms with Gasteiger partial charge in [0.25, 0.3) is 0 Å². The van der Waals surface area contributed by atoms with E-state index in [0.717, 1.165) is 37.1 Å². The highest BCUT2D eigenvalue weighted by molar-refractivity contribution is 7.52. The van der Waals surface area contributed by atoms with Crippen LogP contribution in [0.25, 0.3) is 0 Å². The lowest BCUT2D eigenvalue weighted by molar-refractivity contribution is 0.307. The van der Waals surface area contributed by atoms with Crippen LogP contribution in [0.1, 0.15) is 24.0 Å². The van der Waals surface area contributed by atoms with E-state index < -0.39 is 7.75 Å². The third-order valence-electron chi connectivity index (χ3n) is 3.91. The van der Waals surface area contributed by atoms with Gasteiger partial charge in [0.05, 0.1) is 0 Å². The van der Waals surface area contributed by atoms with Crippen LogP contribution in [0.4, 0.5) is 0 Å². The summed E-state index contributed by atoms with van der Waals surface area (Å²) >= 11 is 0. The lowest BCUT2D eigenvalue weighted by Gasteiger charge is -2.26. The number of rotatable bonds is 5. The highest BCUT2D eigenvalue weighted by atomic mass is 31.2. The maximum atomic E-state index is 13.4. The zero-order valence-electron chi connectivity index (χ0n) is 13.6. The summed E-state index contributed by atoms with van der Waals surface area (Å²) in [6, 6.07) is 15.1. The number of benzene rings is 2. The molecule has 1 fully saturated rings. The standard InChI is InChI=1S/C18H22NO3P/c1-15-5-9-17(10-6-15)21-23(20,19-13-3-4-14-19)22-18-11-7-16(2)8-12-18/h5-12H,3-4,13-14H2,1-2H3. The van der Waals surface area contributed by atoms with Crippen molar-refractivity contribution in [3.05, 3.63) is 59.7 Å². The zero-order valence-corrected chi connectivity index (χ0v) is 14.5. The van der Waals surface area contributed by atoms with E-state index in [-0.39, 0.29) is 0 Å². The van der Waals surface area contributed by atoms with Crippen LogP contribution < -0.4 is 9.05 Å². The van der Waals surface area contributed by atoms with Crippen molar-refractivity contribution >= 4 is 7.75 Å². The van der Waals surface area contributed by atoms with Gasteiger partial charge in [0.2, 0.25) is 0 Å². The first-order chi connectivity index (χ1) is 11.0. The van der Waals surface area contributed by atoms with E-state index in [4.69, 9.17) is 9.05 Å². The van der Waals surface area contributed by atoms with Gasteiger partial charge in [-0.1, -0.05) is 35.4 Å². The van der Waals surface area contributed by atoms with Gasteiger partial charge in [0.15, 0.2) is 0 Å². The average Bonchev–Trinajstić information content (AvgIpc) is 3.07. The third-order valence-corrected chi connectivity index (χ3v) is 5.89. The predicted octanol–water partition coefficient (Wildman–Crippen LogP) is 4.97. The molecule has 0 bridgehead atoms. The molecule has 1 aliphatic heterocycles. The Balaban J connectivity index is 1.85. The molecule has 4 nitrogen and oxygen atoms in total. The number of hydrogen-bond acceptors (Lipinski definition) is 3. The van der Waals surface area contributed by atoms with Crippen LogP contribution in [0.15, 0.2) is 48.5 Å². The maximum absolute atomic E-state index is 13.4. The first-order valence-corrected chi connectivity index (χ1v) is 9.43. The molecule has 0 aliphatic carbocycles. The fourth-order valence-corrected chi connectivity index (χ4v) is 4.36. The van der Waals surface area contributed by atoms with Gasteiger partial charge in [0, 0.05) is 13.1 Å². The summed E-state index contributed by atoms with van der Waals surface area (Å²) in [5.74, 6) is 1.14. The molecule has 5 heteroatoms. The van der Waals surface area contributed by atoms with Gasteiger partial charge in [-0.15, -0.1) is 0 Å². The van der Waals surface area contributed by atoms with Crippen molar-refractivity contribution in [3.8, 4) is 11.5 Å². The van der Waals surface area contributed by atoms with Crippen molar-refractivity contribution in [3.63, 3.8) is 0 Å². The highest BCUT2D eigenvalue weighted by Gasteiger charge is 2.38. The Morgan fingerprint density at radius 3 is 1.57 bits per heavy atom. The maximum Gasteiger partial charge on any atom is 0.515 e. The van der Waals surface area contributed by atoms with E-state index in [0.29, 0.717) is 11.5 Å². The Morgan fingerprint density at radius 1 is 0.783 bits per heavy atom. The van der Waals surface area contributed by atoms with Gasteiger partial charge in [-0.3, -0.25) is 0 Å². The smallest absolute Gasteiger partial charge is 0.404 e. The second kappa shape index (κ2) is 6.77. The Bertz CT molecular complexity index is 640. The topological polar surface area (TPSA) is 38.8 Å². The van der Waals surface area contributed by atoms with Crippen LogP contribution in [0.5, 0.6) is 11.5 Å². The molecule has 0 amide bonds. The summed E-state index contributed by atoms with van der Waals surface area (Å²) in [6.45, 7) is 5.48. The Morgan fingerprint density at radius 2 is 1.17 bits per heavy atom. The molecule has 1 heterocycles. The van der Waals surface area contributed by atoms with E-state index in [1.807, 2.05) is 67.0 Å². The number of aryl methyl sites for hydroxylation is 2. The lowest BCUT2D eigenvalue weighted by Crippen LogP contribution is -2.22. The minimum atomic E-state index is -3.41. The summed E-state index contributed by atoms with van der Waals surface area (Å²) in [5.41, 5.74) is 2.26. The van der Waals surface area contributed by atoms with Crippen LogP contribution >= 0.6 is 7.75 Å². The van der Waals surface area contributed by atoms with Crippen LogP contribution in [-0.4, -0.2) is 17.8 Å². The van der Waals surface area contributed by atoms with Gasteiger partial charge >= 0.3 is 7.75 Å². The molecule has 2 aromatic carbocycles. The van der Waals surface area contributed by atoms with Gasteiger partial charge in [-0.2, -0.15) is 4.67 Å². The van der Waals surface area contributed by atoms with Crippen LogP contribution in [-0.2, 0) is 4.57 Å². The summed E-state index contributed by atoms with van der Waals surface area (Å²) in [5, 5.41) is 0. The molecule has 0 aromatic heterocycles. The first kappa shape index (κ1) is 16.1. The van der Waals surface area contributed by atoms with E-state index in [2.05, 4.69) is 0 Å². The molecule has 0 spiro atoms. The minimum Gasteiger partial charge on any atom is -0.404 e. The Hall–Kier alpha value is -1.77. The molecule has 3 rings (SSSR count). The molecule has 0 N–H and O–H groups in total.